The topological polar surface area (TPSA) is 46.9 Å². The van der Waals surface area contributed by atoms with Crippen molar-refractivity contribution in [3.8, 4) is 0 Å². The van der Waals surface area contributed by atoms with Gasteiger partial charge in [-0.2, -0.15) is 5.10 Å². The number of hydrogen-bond donors (Lipinski definition) is 1. The van der Waals surface area contributed by atoms with E-state index >= 15 is 0 Å². The first kappa shape index (κ1) is 16.9. The SMILES string of the molecule is O=C(Nc1cnn(Cc2ccc(Br)cc2)c1)c1cc(Br)c(Br)s1. The summed E-state index contributed by atoms with van der Waals surface area (Å²) in [5, 5.41) is 7.13. The average Bonchev–Trinajstić information content (AvgIpc) is 3.09. The molecule has 1 amide bonds. The number of halogens is 3. The van der Waals surface area contributed by atoms with Gasteiger partial charge in [0.05, 0.1) is 27.1 Å². The monoisotopic (exact) mass is 517 g/mol. The average molecular weight is 520 g/mol. The van der Waals surface area contributed by atoms with Crippen LogP contribution in [0.3, 0.4) is 0 Å². The maximum atomic E-state index is 12.2. The first-order valence-corrected chi connectivity index (χ1v) is 9.74. The Kier molecular flexibility index (Phi) is 5.35. The second-order valence-electron chi connectivity index (χ2n) is 4.74. The molecule has 0 atom stereocenters. The molecule has 0 radical (unpaired) electrons. The summed E-state index contributed by atoms with van der Waals surface area (Å²) in [4.78, 5) is 12.8. The van der Waals surface area contributed by atoms with Crippen LogP contribution in [0.25, 0.3) is 0 Å². The third-order valence-corrected chi connectivity index (χ3v) is 6.80. The number of benzene rings is 1. The summed E-state index contributed by atoms with van der Waals surface area (Å²) in [6.07, 6.45) is 3.46. The van der Waals surface area contributed by atoms with Gasteiger partial charge in [0.15, 0.2) is 0 Å². The highest BCUT2D eigenvalue weighted by molar-refractivity contribution is 9.13. The predicted octanol–water partition coefficient (Wildman–Crippen LogP) is 5.53. The molecule has 3 rings (SSSR count). The summed E-state index contributed by atoms with van der Waals surface area (Å²) >= 11 is 11.6. The minimum Gasteiger partial charge on any atom is -0.319 e. The molecule has 0 saturated heterocycles. The Morgan fingerprint density at radius 2 is 1.96 bits per heavy atom. The van der Waals surface area contributed by atoms with Crippen molar-refractivity contribution in [2.24, 2.45) is 0 Å². The summed E-state index contributed by atoms with van der Waals surface area (Å²) in [6.45, 7) is 0.652. The fraction of sp³-hybridized carbons (Fsp3) is 0.0667. The molecule has 0 saturated carbocycles. The summed E-state index contributed by atoms with van der Waals surface area (Å²) in [5.74, 6) is -0.149. The fourth-order valence-electron chi connectivity index (χ4n) is 1.94. The molecule has 0 unspecified atom stereocenters. The van der Waals surface area contributed by atoms with Crippen LogP contribution in [-0.4, -0.2) is 15.7 Å². The normalized spacial score (nSPS) is 10.7. The van der Waals surface area contributed by atoms with E-state index in [1.54, 1.807) is 16.9 Å². The first-order chi connectivity index (χ1) is 11.0. The lowest BCUT2D eigenvalue weighted by molar-refractivity contribution is 0.103. The Morgan fingerprint density at radius 1 is 1.22 bits per heavy atom. The van der Waals surface area contributed by atoms with Gasteiger partial charge in [-0.25, -0.2) is 0 Å². The van der Waals surface area contributed by atoms with Crippen LogP contribution >= 0.6 is 59.1 Å². The molecule has 2 aromatic heterocycles. The number of hydrogen-bond acceptors (Lipinski definition) is 3. The van der Waals surface area contributed by atoms with E-state index in [-0.39, 0.29) is 5.91 Å². The fourth-order valence-corrected chi connectivity index (χ4v) is 4.14. The van der Waals surface area contributed by atoms with E-state index in [4.69, 9.17) is 0 Å². The van der Waals surface area contributed by atoms with Gasteiger partial charge >= 0.3 is 0 Å². The Balaban J connectivity index is 1.67. The van der Waals surface area contributed by atoms with Crippen molar-refractivity contribution in [2.45, 2.75) is 6.54 Å². The van der Waals surface area contributed by atoms with Crippen molar-refractivity contribution in [3.63, 3.8) is 0 Å². The van der Waals surface area contributed by atoms with Gasteiger partial charge in [0, 0.05) is 15.1 Å². The summed E-state index contributed by atoms with van der Waals surface area (Å²) < 4.78 is 4.61. The zero-order valence-corrected chi connectivity index (χ0v) is 17.2. The Bertz CT molecular complexity index is 823. The zero-order valence-electron chi connectivity index (χ0n) is 11.6. The van der Waals surface area contributed by atoms with E-state index in [1.807, 2.05) is 30.5 Å². The minimum atomic E-state index is -0.149. The number of carbonyl (C=O) groups is 1. The molecule has 0 bridgehead atoms. The molecule has 0 fully saturated rings. The highest BCUT2D eigenvalue weighted by Gasteiger charge is 2.13. The van der Waals surface area contributed by atoms with E-state index in [0.717, 1.165) is 18.3 Å². The summed E-state index contributed by atoms with van der Waals surface area (Å²) in [7, 11) is 0. The maximum Gasteiger partial charge on any atom is 0.265 e. The van der Waals surface area contributed by atoms with E-state index in [1.165, 1.54) is 11.3 Å². The maximum absolute atomic E-state index is 12.2. The van der Waals surface area contributed by atoms with Gasteiger partial charge in [0.1, 0.15) is 0 Å². The predicted molar refractivity (Wildman–Crippen MR) is 103 cm³/mol. The van der Waals surface area contributed by atoms with Gasteiger partial charge in [-0.1, -0.05) is 28.1 Å². The van der Waals surface area contributed by atoms with Crippen LogP contribution < -0.4 is 5.32 Å². The van der Waals surface area contributed by atoms with Crippen LogP contribution in [0.15, 0.2) is 55.5 Å². The van der Waals surface area contributed by atoms with Crippen molar-refractivity contribution in [1.29, 1.82) is 0 Å². The molecule has 3 aromatic rings. The second kappa shape index (κ2) is 7.29. The number of nitrogens with zero attached hydrogens (tertiary/aromatic N) is 2. The number of amides is 1. The van der Waals surface area contributed by atoms with Crippen LogP contribution in [0.1, 0.15) is 15.2 Å². The van der Waals surface area contributed by atoms with Crippen LogP contribution in [0.4, 0.5) is 5.69 Å². The lowest BCUT2D eigenvalue weighted by atomic mass is 10.2. The summed E-state index contributed by atoms with van der Waals surface area (Å²) in [5.41, 5.74) is 1.81. The van der Waals surface area contributed by atoms with Crippen molar-refractivity contribution in [3.05, 3.63) is 65.9 Å². The zero-order chi connectivity index (χ0) is 16.4. The smallest absolute Gasteiger partial charge is 0.265 e. The van der Waals surface area contributed by atoms with Crippen molar-refractivity contribution >= 4 is 70.7 Å². The van der Waals surface area contributed by atoms with Gasteiger partial charge in [0.25, 0.3) is 5.91 Å². The lowest BCUT2D eigenvalue weighted by Gasteiger charge is -2.02. The molecule has 118 valence electrons. The molecular formula is C15H10Br3N3OS. The van der Waals surface area contributed by atoms with E-state index in [2.05, 4.69) is 58.2 Å². The van der Waals surface area contributed by atoms with Crippen LogP contribution in [0.2, 0.25) is 0 Å². The third kappa shape index (κ3) is 4.32. The van der Waals surface area contributed by atoms with Gasteiger partial charge in [-0.3, -0.25) is 9.48 Å². The summed E-state index contributed by atoms with van der Waals surface area (Å²) in [6, 6.07) is 9.84. The van der Waals surface area contributed by atoms with Gasteiger partial charge in [-0.05, 0) is 55.6 Å². The molecule has 23 heavy (non-hydrogen) atoms. The quantitative estimate of drug-likeness (QED) is 0.492. The van der Waals surface area contributed by atoms with E-state index < -0.39 is 0 Å². The number of carbonyl (C=O) groups excluding carboxylic acids is 1. The van der Waals surface area contributed by atoms with Gasteiger partial charge < -0.3 is 5.32 Å². The first-order valence-electron chi connectivity index (χ1n) is 6.54. The number of anilines is 1. The van der Waals surface area contributed by atoms with Crippen molar-refractivity contribution in [2.75, 3.05) is 5.32 Å². The molecule has 4 nitrogen and oxygen atoms in total. The van der Waals surface area contributed by atoms with Crippen LogP contribution in [0.5, 0.6) is 0 Å². The Morgan fingerprint density at radius 3 is 2.61 bits per heavy atom. The number of thiophene rings is 1. The molecule has 2 heterocycles. The largest absolute Gasteiger partial charge is 0.319 e. The molecular weight excluding hydrogens is 510 g/mol. The van der Waals surface area contributed by atoms with Crippen LogP contribution in [0, 0.1) is 0 Å². The standard InChI is InChI=1S/C15H10Br3N3OS/c16-10-3-1-9(2-4-10)7-21-8-11(6-19-21)20-15(22)13-5-12(17)14(18)23-13/h1-6,8H,7H2,(H,20,22). The van der Waals surface area contributed by atoms with Crippen molar-refractivity contribution < 1.29 is 4.79 Å². The molecule has 0 aliphatic heterocycles. The highest BCUT2D eigenvalue weighted by atomic mass is 79.9. The van der Waals surface area contributed by atoms with E-state index in [0.29, 0.717) is 17.1 Å². The second-order valence-corrected chi connectivity index (χ2v) is 8.88. The number of rotatable bonds is 4. The molecule has 8 heteroatoms. The number of nitrogens with one attached hydrogen (secondary N) is 1. The molecule has 0 aliphatic carbocycles. The molecule has 0 aliphatic rings. The van der Waals surface area contributed by atoms with Gasteiger partial charge in [-0.15, -0.1) is 11.3 Å². The third-order valence-electron chi connectivity index (χ3n) is 3.02. The highest BCUT2D eigenvalue weighted by Crippen LogP contribution is 2.32. The molecule has 0 spiro atoms. The number of aromatic nitrogens is 2. The molecule has 1 aromatic carbocycles. The van der Waals surface area contributed by atoms with Gasteiger partial charge in [0.2, 0.25) is 0 Å². The lowest BCUT2D eigenvalue weighted by Crippen LogP contribution is -2.09. The Labute approximate surface area is 162 Å². The molecule has 1 N–H and O–H groups in total. The minimum absolute atomic E-state index is 0.149. The van der Waals surface area contributed by atoms with Crippen molar-refractivity contribution in [1.82, 2.24) is 9.78 Å². The van der Waals surface area contributed by atoms with E-state index in [9.17, 15) is 4.79 Å². The Hall–Kier alpha value is -0.960. The van der Waals surface area contributed by atoms with Crippen LogP contribution in [-0.2, 0) is 6.54 Å².